The minimum Gasteiger partial charge on any atom is -0.373 e. The first-order chi connectivity index (χ1) is 15.5. The number of amides is 1. The van der Waals surface area contributed by atoms with Crippen molar-refractivity contribution in [3.63, 3.8) is 0 Å². The number of anilines is 2. The molecule has 1 fully saturated rings. The lowest BCUT2D eigenvalue weighted by Crippen LogP contribution is -2.40. The maximum Gasteiger partial charge on any atom is 0.287 e. The molecular formula is C22H28N5O4S+. The van der Waals surface area contributed by atoms with Crippen LogP contribution in [0.1, 0.15) is 36.0 Å². The molecule has 10 heteroatoms. The van der Waals surface area contributed by atoms with Gasteiger partial charge in [-0.25, -0.2) is 13.4 Å². The molecule has 32 heavy (non-hydrogen) atoms. The Labute approximate surface area is 188 Å². The van der Waals surface area contributed by atoms with Gasteiger partial charge in [0.2, 0.25) is 0 Å². The molecule has 0 spiro atoms. The number of benzene rings is 1. The Hall–Kier alpha value is -2.98. The molecule has 2 aliphatic heterocycles. The van der Waals surface area contributed by atoms with E-state index in [2.05, 4.69) is 24.9 Å². The van der Waals surface area contributed by atoms with E-state index in [1.807, 2.05) is 0 Å². The summed E-state index contributed by atoms with van der Waals surface area (Å²) >= 11 is 0. The fourth-order valence-electron chi connectivity index (χ4n) is 3.77. The number of aromatic amines is 1. The highest BCUT2D eigenvalue weighted by molar-refractivity contribution is 7.90. The average molecular weight is 459 g/mol. The minimum atomic E-state index is -3.78. The molecule has 0 atom stereocenters. The molecule has 0 aliphatic carbocycles. The van der Waals surface area contributed by atoms with Gasteiger partial charge in [-0.15, -0.1) is 0 Å². The van der Waals surface area contributed by atoms with Gasteiger partial charge in [0.25, 0.3) is 21.7 Å². The Morgan fingerprint density at radius 2 is 1.94 bits per heavy atom. The summed E-state index contributed by atoms with van der Waals surface area (Å²) in [6, 6.07) is 9.74. The number of sulfonamides is 1. The van der Waals surface area contributed by atoms with E-state index in [0.29, 0.717) is 62.2 Å². The second kappa shape index (κ2) is 10.1. The maximum absolute atomic E-state index is 13.0. The van der Waals surface area contributed by atoms with E-state index in [-0.39, 0.29) is 10.8 Å². The van der Waals surface area contributed by atoms with Crippen molar-refractivity contribution in [2.24, 2.45) is 4.99 Å². The number of morpholine rings is 1. The molecule has 4 rings (SSSR count). The maximum atomic E-state index is 13.0. The van der Waals surface area contributed by atoms with Crippen LogP contribution < -0.4 is 19.9 Å². The van der Waals surface area contributed by atoms with E-state index < -0.39 is 10.0 Å². The summed E-state index contributed by atoms with van der Waals surface area (Å²) in [6.45, 7) is 3.20. The number of carbonyl (C=O) groups is 1. The van der Waals surface area contributed by atoms with E-state index in [1.54, 1.807) is 30.5 Å². The molecule has 2 aliphatic rings. The van der Waals surface area contributed by atoms with E-state index in [0.717, 1.165) is 19.3 Å². The fraction of sp³-hybridized carbons (Fsp3) is 0.409. The number of nitrogens with one attached hydrogen (secondary N) is 3. The van der Waals surface area contributed by atoms with Crippen LogP contribution in [0.4, 0.5) is 11.5 Å². The summed E-state index contributed by atoms with van der Waals surface area (Å²) in [5.41, 5.74) is 0.881. The van der Waals surface area contributed by atoms with E-state index >= 15 is 0 Å². The number of amidine groups is 1. The zero-order valence-corrected chi connectivity index (χ0v) is 18.7. The first-order valence-electron chi connectivity index (χ1n) is 10.8. The van der Waals surface area contributed by atoms with Crippen LogP contribution in [0.25, 0.3) is 0 Å². The lowest BCUT2D eigenvalue weighted by Gasteiger charge is -2.22. The molecule has 1 saturated heterocycles. The van der Waals surface area contributed by atoms with Crippen molar-refractivity contribution in [1.82, 2.24) is 4.72 Å². The van der Waals surface area contributed by atoms with Crippen LogP contribution in [0.5, 0.6) is 0 Å². The van der Waals surface area contributed by atoms with E-state index in [1.165, 1.54) is 12.1 Å². The lowest BCUT2D eigenvalue weighted by molar-refractivity contribution is -0.364. The van der Waals surface area contributed by atoms with Crippen LogP contribution >= 0.6 is 0 Å². The van der Waals surface area contributed by atoms with Crippen LogP contribution in [0.15, 0.2) is 52.5 Å². The smallest absolute Gasteiger partial charge is 0.287 e. The van der Waals surface area contributed by atoms with Gasteiger partial charge in [-0.2, -0.15) is 0 Å². The Morgan fingerprint density at radius 3 is 2.78 bits per heavy atom. The average Bonchev–Trinajstić information content (AvgIpc) is 3.08. The molecular weight excluding hydrogens is 430 g/mol. The van der Waals surface area contributed by atoms with Crippen molar-refractivity contribution >= 4 is 33.3 Å². The fourth-order valence-corrected chi connectivity index (χ4v) is 4.91. The highest BCUT2D eigenvalue weighted by Crippen LogP contribution is 2.20. The number of nitrogens with zero attached hydrogens (tertiary/aromatic N) is 2. The minimum absolute atomic E-state index is 0.0790. The third-order valence-electron chi connectivity index (χ3n) is 5.43. The van der Waals surface area contributed by atoms with Crippen molar-refractivity contribution in [1.29, 1.82) is 0 Å². The van der Waals surface area contributed by atoms with E-state index in [4.69, 9.17) is 4.74 Å². The number of aliphatic imine (C=N–C) groups is 1. The predicted octanol–water partition coefficient (Wildman–Crippen LogP) is 1.84. The number of hydrogen-bond acceptors (Lipinski definition) is 6. The molecule has 0 unspecified atom stereocenters. The summed E-state index contributed by atoms with van der Waals surface area (Å²) in [5.74, 6) is 0.885. The van der Waals surface area contributed by atoms with Gasteiger partial charge in [0.05, 0.1) is 24.3 Å². The van der Waals surface area contributed by atoms with Gasteiger partial charge in [-0.3, -0.25) is 19.4 Å². The zero-order chi connectivity index (χ0) is 22.4. The number of carbonyl (C=O) groups excluding carboxylic acids is 1. The van der Waals surface area contributed by atoms with Crippen LogP contribution in [-0.2, 0) is 14.8 Å². The highest BCUT2D eigenvalue weighted by atomic mass is 32.2. The van der Waals surface area contributed by atoms with Crippen molar-refractivity contribution in [3.05, 3.63) is 48.2 Å². The van der Waals surface area contributed by atoms with Gasteiger partial charge in [-0.05, 0) is 43.2 Å². The van der Waals surface area contributed by atoms with E-state index in [9.17, 15) is 13.2 Å². The summed E-state index contributed by atoms with van der Waals surface area (Å²) < 4.78 is 33.7. The molecule has 170 valence electrons. The monoisotopic (exact) mass is 458 g/mol. The number of pyridine rings is 1. The summed E-state index contributed by atoms with van der Waals surface area (Å²) in [6.07, 6.45) is 5.31. The Balaban J connectivity index is 1.51. The van der Waals surface area contributed by atoms with Crippen molar-refractivity contribution in [2.75, 3.05) is 43.1 Å². The second-order valence-corrected chi connectivity index (χ2v) is 9.44. The number of rotatable bonds is 5. The third-order valence-corrected chi connectivity index (χ3v) is 6.81. The largest absolute Gasteiger partial charge is 0.373 e. The lowest BCUT2D eigenvalue weighted by atomic mass is 10.2. The van der Waals surface area contributed by atoms with Crippen LogP contribution in [0.3, 0.4) is 0 Å². The predicted molar refractivity (Wildman–Crippen MR) is 122 cm³/mol. The normalized spacial score (nSPS) is 17.2. The Bertz CT molecular complexity index is 1100. The van der Waals surface area contributed by atoms with Crippen LogP contribution in [0.2, 0.25) is 0 Å². The van der Waals surface area contributed by atoms with Crippen molar-refractivity contribution in [2.45, 2.75) is 30.6 Å². The molecule has 0 radical (unpaired) electrons. The Morgan fingerprint density at radius 1 is 1.09 bits per heavy atom. The number of hydrogen-bond donors (Lipinski definition) is 2. The topological polar surface area (TPSA) is 114 Å². The molecule has 0 bridgehead atoms. The summed E-state index contributed by atoms with van der Waals surface area (Å²) in [4.78, 5) is 22.7. The molecule has 1 aromatic carbocycles. The molecule has 1 aromatic heterocycles. The van der Waals surface area contributed by atoms with Crippen molar-refractivity contribution < 1.29 is 22.9 Å². The first-order valence-corrected chi connectivity index (χ1v) is 12.3. The molecule has 1 amide bonds. The second-order valence-electron chi connectivity index (χ2n) is 7.76. The molecule has 9 nitrogen and oxygen atoms in total. The van der Waals surface area contributed by atoms with Gasteiger partial charge in [0.15, 0.2) is 0 Å². The standard InChI is InChI=1S/C22H27N5O4S/c28-22(19-8-5-11-24-21(19)27-12-14-31-15-13-27)25-17-6-4-7-18(16-17)32(29,30)26-20-9-2-1-3-10-23-20/h4-8,11,16H,1-3,9-10,12-15H2,(H,23,26)(H,25,28)/p+1. The van der Waals surface area contributed by atoms with Gasteiger partial charge >= 0.3 is 0 Å². The number of H-pyrrole nitrogens is 1. The first kappa shape index (κ1) is 22.2. The summed E-state index contributed by atoms with van der Waals surface area (Å²) in [7, 11) is -3.78. The highest BCUT2D eigenvalue weighted by Gasteiger charge is 2.26. The molecule has 3 heterocycles. The SMILES string of the molecule is O=C(Nc1cccc(S(=O)(=O)NC2=NCCCCC2)c1)c1ccc[nH+]c1N1CCOCC1. The van der Waals surface area contributed by atoms with Gasteiger partial charge < -0.3 is 10.1 Å². The van der Waals surface area contributed by atoms with Crippen LogP contribution in [0, 0.1) is 0 Å². The zero-order valence-electron chi connectivity index (χ0n) is 17.8. The molecule has 0 saturated carbocycles. The number of aromatic nitrogens is 1. The summed E-state index contributed by atoms with van der Waals surface area (Å²) in [5, 5.41) is 2.82. The third kappa shape index (κ3) is 5.43. The molecule has 2 aromatic rings. The van der Waals surface area contributed by atoms with Gasteiger partial charge in [-0.1, -0.05) is 12.5 Å². The quantitative estimate of drug-likeness (QED) is 0.710. The molecule has 3 N–H and O–H groups in total. The number of ether oxygens (including phenoxy) is 1. The van der Waals surface area contributed by atoms with Crippen molar-refractivity contribution in [3.8, 4) is 0 Å². The Kier molecular flexibility index (Phi) is 7.01. The van der Waals surface area contributed by atoms with Crippen LogP contribution in [-0.4, -0.2) is 53.0 Å². The van der Waals surface area contributed by atoms with Gasteiger partial charge in [0.1, 0.15) is 24.5 Å². The van der Waals surface area contributed by atoms with Gasteiger partial charge in [0, 0.05) is 18.7 Å².